The summed E-state index contributed by atoms with van der Waals surface area (Å²) in [6.07, 6.45) is -2.72. The highest BCUT2D eigenvalue weighted by Crippen LogP contribution is 2.34. The van der Waals surface area contributed by atoms with E-state index in [0.717, 1.165) is 18.3 Å². The van der Waals surface area contributed by atoms with Crippen LogP contribution in [0.1, 0.15) is 30.9 Å². The fourth-order valence-corrected chi connectivity index (χ4v) is 3.04. The molecule has 1 heterocycles. The van der Waals surface area contributed by atoms with Gasteiger partial charge in [0.1, 0.15) is 5.84 Å². The number of rotatable bonds is 3. The lowest BCUT2D eigenvalue weighted by atomic mass is 10.1. The van der Waals surface area contributed by atoms with Crippen LogP contribution < -0.4 is 4.90 Å². The van der Waals surface area contributed by atoms with E-state index in [1.807, 2.05) is 4.90 Å². The van der Waals surface area contributed by atoms with Crippen molar-refractivity contribution < 1.29 is 13.2 Å². The van der Waals surface area contributed by atoms with Crippen molar-refractivity contribution in [2.24, 2.45) is 10.9 Å². The predicted octanol–water partition coefficient (Wildman–Crippen LogP) is 5.54. The zero-order valence-electron chi connectivity index (χ0n) is 14.3. The van der Waals surface area contributed by atoms with Crippen molar-refractivity contribution in [3.05, 3.63) is 59.7 Å². The van der Waals surface area contributed by atoms with E-state index in [1.54, 1.807) is 30.3 Å². The maximum atomic E-state index is 13.0. The van der Waals surface area contributed by atoms with Gasteiger partial charge in [0.25, 0.3) is 0 Å². The van der Waals surface area contributed by atoms with Crippen LogP contribution in [-0.2, 0) is 6.18 Å². The van der Waals surface area contributed by atoms with E-state index in [4.69, 9.17) is 5.26 Å². The minimum absolute atomic E-state index is 0.349. The van der Waals surface area contributed by atoms with Gasteiger partial charge in [-0.15, -0.1) is 0 Å². The molecule has 6 heteroatoms. The Morgan fingerprint density at radius 2 is 1.92 bits per heavy atom. The molecule has 2 aromatic rings. The minimum Gasteiger partial charge on any atom is -0.330 e. The first-order chi connectivity index (χ1) is 12.4. The summed E-state index contributed by atoms with van der Waals surface area (Å²) >= 11 is 0. The lowest BCUT2D eigenvalue weighted by molar-refractivity contribution is -0.137. The van der Waals surface area contributed by atoms with Gasteiger partial charge >= 0.3 is 6.18 Å². The van der Waals surface area contributed by atoms with Gasteiger partial charge in [0, 0.05) is 18.7 Å². The Kier molecular flexibility index (Phi) is 4.99. The van der Waals surface area contributed by atoms with E-state index in [9.17, 15) is 13.2 Å². The summed E-state index contributed by atoms with van der Waals surface area (Å²) in [5, 5.41) is 8.88. The molecule has 0 saturated carbocycles. The number of alkyl halides is 3. The molecule has 1 aliphatic heterocycles. The number of anilines is 1. The van der Waals surface area contributed by atoms with E-state index in [-0.39, 0.29) is 0 Å². The standard InChI is InChI=1S/C20H18F3N3/c1-2-14-10-19(25-17-8-6-15(12-24)7-9-17)26(13-14)18-5-3-4-16(11-18)20(21,22)23/h3-9,11,14H,2,10,13H2,1H3. The van der Waals surface area contributed by atoms with Gasteiger partial charge in [0.2, 0.25) is 0 Å². The van der Waals surface area contributed by atoms with Crippen LogP contribution in [0.15, 0.2) is 53.5 Å². The molecule has 0 aromatic heterocycles. The molecule has 0 spiro atoms. The van der Waals surface area contributed by atoms with E-state index in [1.165, 1.54) is 12.1 Å². The molecule has 1 atom stereocenters. The molecule has 0 amide bonds. The molecule has 1 saturated heterocycles. The molecular formula is C20H18F3N3. The third kappa shape index (κ3) is 3.88. The van der Waals surface area contributed by atoms with Gasteiger partial charge in [-0.2, -0.15) is 18.4 Å². The van der Waals surface area contributed by atoms with Crippen molar-refractivity contribution in [1.82, 2.24) is 0 Å². The first-order valence-corrected chi connectivity index (χ1v) is 8.43. The fourth-order valence-electron chi connectivity index (χ4n) is 3.04. The molecular weight excluding hydrogens is 339 g/mol. The Labute approximate surface area is 150 Å². The summed E-state index contributed by atoms with van der Waals surface area (Å²) in [6.45, 7) is 2.71. The minimum atomic E-state index is -4.37. The lowest BCUT2D eigenvalue weighted by Gasteiger charge is -2.21. The molecule has 2 aromatic carbocycles. The fraction of sp³-hybridized carbons (Fsp3) is 0.300. The van der Waals surface area contributed by atoms with Crippen molar-refractivity contribution in [1.29, 1.82) is 5.26 Å². The van der Waals surface area contributed by atoms with E-state index < -0.39 is 11.7 Å². The molecule has 134 valence electrons. The number of nitriles is 1. The van der Waals surface area contributed by atoms with Crippen molar-refractivity contribution in [3.8, 4) is 6.07 Å². The molecule has 26 heavy (non-hydrogen) atoms. The first-order valence-electron chi connectivity index (χ1n) is 8.43. The predicted molar refractivity (Wildman–Crippen MR) is 95.4 cm³/mol. The summed E-state index contributed by atoms with van der Waals surface area (Å²) in [5.74, 6) is 1.10. The second-order valence-electron chi connectivity index (χ2n) is 6.32. The molecule has 3 rings (SSSR count). The van der Waals surface area contributed by atoms with E-state index >= 15 is 0 Å². The number of aliphatic imine (C=N–C) groups is 1. The van der Waals surface area contributed by atoms with Crippen molar-refractivity contribution in [2.75, 3.05) is 11.4 Å². The molecule has 3 nitrogen and oxygen atoms in total. The lowest BCUT2D eigenvalue weighted by Crippen LogP contribution is -2.25. The molecule has 1 unspecified atom stereocenters. The van der Waals surface area contributed by atoms with E-state index in [0.29, 0.717) is 35.8 Å². The summed E-state index contributed by atoms with van der Waals surface area (Å²) in [4.78, 5) is 6.50. The van der Waals surface area contributed by atoms with Gasteiger partial charge in [-0.25, -0.2) is 4.99 Å². The quantitative estimate of drug-likeness (QED) is 0.723. The van der Waals surface area contributed by atoms with Crippen LogP contribution in [0.2, 0.25) is 0 Å². The van der Waals surface area contributed by atoms with Gasteiger partial charge in [-0.05, 0) is 48.4 Å². The van der Waals surface area contributed by atoms with Crippen LogP contribution >= 0.6 is 0 Å². The maximum Gasteiger partial charge on any atom is 0.416 e. The average molecular weight is 357 g/mol. The van der Waals surface area contributed by atoms with E-state index in [2.05, 4.69) is 18.0 Å². The third-order valence-corrected chi connectivity index (χ3v) is 4.54. The molecule has 1 fully saturated rings. The van der Waals surface area contributed by atoms with Crippen LogP contribution in [0, 0.1) is 17.2 Å². The maximum absolute atomic E-state index is 13.0. The number of halogens is 3. The van der Waals surface area contributed by atoms with Gasteiger partial charge in [0.05, 0.1) is 22.9 Å². The highest BCUT2D eigenvalue weighted by Gasteiger charge is 2.33. The third-order valence-electron chi connectivity index (χ3n) is 4.54. The Hall–Kier alpha value is -2.81. The SMILES string of the molecule is CCC1CC(=Nc2ccc(C#N)cc2)N(c2cccc(C(F)(F)F)c2)C1. The Morgan fingerprint density at radius 1 is 1.19 bits per heavy atom. The molecule has 0 bridgehead atoms. The van der Waals surface area contributed by atoms with Crippen LogP contribution in [0.4, 0.5) is 24.5 Å². The van der Waals surface area contributed by atoms with Crippen LogP contribution in [0.3, 0.4) is 0 Å². The summed E-state index contributed by atoms with van der Waals surface area (Å²) in [5.41, 5.74) is 1.07. The van der Waals surface area contributed by atoms with Crippen molar-refractivity contribution >= 4 is 17.2 Å². The molecule has 1 aliphatic rings. The Morgan fingerprint density at radius 3 is 2.54 bits per heavy atom. The second-order valence-corrected chi connectivity index (χ2v) is 6.32. The first kappa shape index (κ1) is 18.0. The zero-order chi connectivity index (χ0) is 18.7. The van der Waals surface area contributed by atoms with Crippen molar-refractivity contribution in [2.45, 2.75) is 25.9 Å². The number of benzene rings is 2. The zero-order valence-corrected chi connectivity index (χ0v) is 14.3. The summed E-state index contributed by atoms with van der Waals surface area (Å²) in [6, 6.07) is 14.3. The summed E-state index contributed by atoms with van der Waals surface area (Å²) < 4.78 is 39.1. The number of hydrogen-bond donors (Lipinski definition) is 0. The van der Waals surface area contributed by atoms with Crippen LogP contribution in [-0.4, -0.2) is 12.4 Å². The van der Waals surface area contributed by atoms with Gasteiger partial charge in [-0.1, -0.05) is 19.4 Å². The Bertz CT molecular complexity index is 848. The van der Waals surface area contributed by atoms with Gasteiger partial charge < -0.3 is 4.90 Å². The van der Waals surface area contributed by atoms with Crippen LogP contribution in [0.5, 0.6) is 0 Å². The smallest absolute Gasteiger partial charge is 0.330 e. The second kappa shape index (κ2) is 7.20. The number of nitrogens with zero attached hydrogens (tertiary/aromatic N) is 3. The van der Waals surface area contributed by atoms with Gasteiger partial charge in [0.15, 0.2) is 0 Å². The number of amidine groups is 1. The largest absolute Gasteiger partial charge is 0.416 e. The normalized spacial score (nSPS) is 19.0. The molecule has 0 aliphatic carbocycles. The number of hydrogen-bond acceptors (Lipinski definition) is 2. The highest BCUT2D eigenvalue weighted by molar-refractivity contribution is 6.01. The van der Waals surface area contributed by atoms with Gasteiger partial charge in [-0.3, -0.25) is 0 Å². The summed E-state index contributed by atoms with van der Waals surface area (Å²) in [7, 11) is 0. The van der Waals surface area contributed by atoms with Crippen LogP contribution in [0.25, 0.3) is 0 Å². The van der Waals surface area contributed by atoms with Crippen molar-refractivity contribution in [3.63, 3.8) is 0 Å². The molecule has 0 radical (unpaired) electrons. The highest BCUT2D eigenvalue weighted by atomic mass is 19.4. The molecule has 0 N–H and O–H groups in total. The monoisotopic (exact) mass is 357 g/mol. The Balaban J connectivity index is 1.95. The average Bonchev–Trinajstić information content (AvgIpc) is 3.05. The topological polar surface area (TPSA) is 39.4 Å².